The smallest absolute Gasteiger partial charge is 0.162 e. The molecule has 82 valence electrons. The number of nitrogens with zero attached hydrogens (tertiary/aromatic N) is 4. The number of rotatable bonds is 1. The van der Waals surface area contributed by atoms with Crippen LogP contribution in [0.2, 0.25) is 0 Å². The minimum atomic E-state index is 0.758. The van der Waals surface area contributed by atoms with E-state index >= 15 is 0 Å². The molecule has 1 aliphatic rings. The molecule has 1 fully saturated rings. The van der Waals surface area contributed by atoms with Gasteiger partial charge in [0.25, 0.3) is 0 Å². The van der Waals surface area contributed by atoms with Gasteiger partial charge in [-0.1, -0.05) is 0 Å². The van der Waals surface area contributed by atoms with Crippen LogP contribution in [0.4, 0.5) is 5.69 Å². The van der Waals surface area contributed by atoms with Crippen LogP contribution in [0.1, 0.15) is 0 Å². The second-order valence-electron chi connectivity index (χ2n) is 3.87. The van der Waals surface area contributed by atoms with Crippen molar-refractivity contribution < 1.29 is 0 Å². The molecule has 3 heterocycles. The Kier molecular flexibility index (Phi) is 2.38. The Morgan fingerprint density at radius 3 is 2.88 bits per heavy atom. The summed E-state index contributed by atoms with van der Waals surface area (Å²) in [5.41, 5.74) is 1.91. The molecule has 5 nitrogen and oxygen atoms in total. The van der Waals surface area contributed by atoms with Gasteiger partial charge < -0.3 is 10.2 Å². The third-order valence-corrected chi connectivity index (χ3v) is 2.82. The molecule has 0 radical (unpaired) electrons. The zero-order chi connectivity index (χ0) is 10.8. The molecule has 0 saturated carbocycles. The van der Waals surface area contributed by atoms with E-state index in [1.165, 1.54) is 6.33 Å². The summed E-state index contributed by atoms with van der Waals surface area (Å²) in [5, 5.41) is 4.33. The van der Waals surface area contributed by atoms with Crippen LogP contribution in [-0.2, 0) is 0 Å². The molecule has 0 unspecified atom stereocenters. The molecule has 0 aliphatic carbocycles. The molecule has 0 aromatic carbocycles. The number of pyridine rings is 1. The zero-order valence-corrected chi connectivity index (χ0v) is 8.93. The maximum Gasteiger partial charge on any atom is 0.162 e. The predicted octanol–water partition coefficient (Wildman–Crippen LogP) is 0.434. The summed E-state index contributed by atoms with van der Waals surface area (Å²) < 4.78 is 0. The van der Waals surface area contributed by atoms with Crippen LogP contribution in [0.3, 0.4) is 0 Å². The first-order valence-electron chi connectivity index (χ1n) is 5.45. The first-order valence-corrected chi connectivity index (χ1v) is 5.45. The van der Waals surface area contributed by atoms with Crippen LogP contribution in [0, 0.1) is 0 Å². The van der Waals surface area contributed by atoms with Gasteiger partial charge in [0.15, 0.2) is 5.65 Å². The van der Waals surface area contributed by atoms with Gasteiger partial charge in [-0.25, -0.2) is 15.0 Å². The second kappa shape index (κ2) is 4.02. The highest BCUT2D eigenvalue weighted by Crippen LogP contribution is 2.17. The first kappa shape index (κ1) is 9.47. The van der Waals surface area contributed by atoms with E-state index in [0.717, 1.165) is 42.9 Å². The van der Waals surface area contributed by atoms with Gasteiger partial charge >= 0.3 is 0 Å². The normalized spacial score (nSPS) is 16.6. The van der Waals surface area contributed by atoms with E-state index in [0.29, 0.717) is 0 Å². The highest BCUT2D eigenvalue weighted by atomic mass is 15.2. The molecule has 0 bridgehead atoms. The van der Waals surface area contributed by atoms with E-state index in [4.69, 9.17) is 0 Å². The topological polar surface area (TPSA) is 53.9 Å². The zero-order valence-electron chi connectivity index (χ0n) is 8.93. The number of anilines is 1. The lowest BCUT2D eigenvalue weighted by molar-refractivity contribution is 0.589. The fourth-order valence-corrected chi connectivity index (χ4v) is 1.96. The van der Waals surface area contributed by atoms with Gasteiger partial charge in [-0.3, -0.25) is 0 Å². The van der Waals surface area contributed by atoms with Gasteiger partial charge in [0, 0.05) is 37.8 Å². The van der Waals surface area contributed by atoms with Crippen LogP contribution in [0.5, 0.6) is 0 Å². The molecule has 3 rings (SSSR count). The second-order valence-corrected chi connectivity index (χ2v) is 3.87. The van der Waals surface area contributed by atoms with Gasteiger partial charge in [0.05, 0.1) is 11.9 Å². The van der Waals surface area contributed by atoms with Gasteiger partial charge in [-0.15, -0.1) is 0 Å². The number of piperazine rings is 1. The summed E-state index contributed by atoms with van der Waals surface area (Å²) in [5.74, 6) is 0. The van der Waals surface area contributed by atoms with E-state index in [2.05, 4.69) is 31.2 Å². The summed E-state index contributed by atoms with van der Waals surface area (Å²) in [6.07, 6.45) is 5.22. The minimum Gasteiger partial charge on any atom is -0.368 e. The van der Waals surface area contributed by atoms with Crippen LogP contribution >= 0.6 is 0 Å². The molecule has 2 aromatic rings. The van der Waals surface area contributed by atoms with Gasteiger partial charge in [-0.05, 0) is 6.07 Å². The van der Waals surface area contributed by atoms with Crippen molar-refractivity contribution in [2.45, 2.75) is 0 Å². The fraction of sp³-hybridized carbons (Fsp3) is 0.364. The standard InChI is InChI=1S/C11H13N5/c1-3-16(4-2-12-1)10-5-9-6-13-8-15-11(9)14-7-10/h5-8,12H,1-4H2. The fourth-order valence-electron chi connectivity index (χ4n) is 1.96. The molecule has 1 saturated heterocycles. The molecule has 1 N–H and O–H groups in total. The SMILES string of the molecule is c1ncc2cc(N3CCNCC3)cnc2n1. The predicted molar refractivity (Wildman–Crippen MR) is 62.4 cm³/mol. The van der Waals surface area contributed by atoms with Gasteiger partial charge in [0.2, 0.25) is 0 Å². The molecule has 0 amide bonds. The highest BCUT2D eigenvalue weighted by molar-refractivity contribution is 5.77. The lowest BCUT2D eigenvalue weighted by Gasteiger charge is -2.29. The van der Waals surface area contributed by atoms with E-state index in [9.17, 15) is 0 Å². The van der Waals surface area contributed by atoms with Crippen molar-refractivity contribution >= 4 is 16.7 Å². The first-order chi connectivity index (χ1) is 7.93. The maximum atomic E-state index is 4.34. The number of hydrogen-bond acceptors (Lipinski definition) is 5. The number of nitrogens with one attached hydrogen (secondary N) is 1. The Labute approximate surface area is 93.5 Å². The highest BCUT2D eigenvalue weighted by Gasteiger charge is 2.11. The van der Waals surface area contributed by atoms with Crippen LogP contribution in [0.25, 0.3) is 11.0 Å². The monoisotopic (exact) mass is 215 g/mol. The largest absolute Gasteiger partial charge is 0.368 e. The maximum absolute atomic E-state index is 4.34. The van der Waals surface area contributed by atoms with E-state index in [1.807, 2.05) is 6.20 Å². The lowest BCUT2D eigenvalue weighted by atomic mass is 10.2. The molecule has 0 atom stereocenters. The number of hydrogen-bond donors (Lipinski definition) is 1. The molecule has 16 heavy (non-hydrogen) atoms. The molecular formula is C11H13N5. The van der Waals surface area contributed by atoms with Crippen molar-refractivity contribution in [2.24, 2.45) is 0 Å². The summed E-state index contributed by atoms with van der Waals surface area (Å²) in [4.78, 5) is 14.8. The Hall–Kier alpha value is -1.75. The molecule has 1 aliphatic heterocycles. The van der Waals surface area contributed by atoms with E-state index in [1.54, 1.807) is 6.20 Å². The average molecular weight is 215 g/mol. The Morgan fingerprint density at radius 1 is 1.12 bits per heavy atom. The summed E-state index contributed by atoms with van der Waals surface area (Å²) in [6, 6.07) is 2.10. The van der Waals surface area contributed by atoms with Crippen molar-refractivity contribution in [3.63, 3.8) is 0 Å². The van der Waals surface area contributed by atoms with Crippen LogP contribution in [0.15, 0.2) is 24.8 Å². The molecular weight excluding hydrogens is 202 g/mol. The van der Waals surface area contributed by atoms with E-state index < -0.39 is 0 Å². The molecule has 5 heteroatoms. The third kappa shape index (κ3) is 1.69. The van der Waals surface area contributed by atoms with Crippen molar-refractivity contribution in [1.82, 2.24) is 20.3 Å². The Morgan fingerprint density at radius 2 is 2.00 bits per heavy atom. The summed E-state index contributed by atoms with van der Waals surface area (Å²) in [6.45, 7) is 4.12. The lowest BCUT2D eigenvalue weighted by Crippen LogP contribution is -2.43. The Bertz CT molecular complexity index is 492. The van der Waals surface area contributed by atoms with Gasteiger partial charge in [0.1, 0.15) is 6.33 Å². The van der Waals surface area contributed by atoms with Crippen molar-refractivity contribution in [3.05, 3.63) is 24.8 Å². The summed E-state index contributed by atoms with van der Waals surface area (Å²) >= 11 is 0. The number of aromatic nitrogens is 3. The van der Waals surface area contributed by atoms with Crippen LogP contribution in [-0.4, -0.2) is 41.1 Å². The molecule has 0 spiro atoms. The quantitative estimate of drug-likeness (QED) is 0.748. The van der Waals surface area contributed by atoms with Crippen molar-refractivity contribution in [2.75, 3.05) is 31.1 Å². The van der Waals surface area contributed by atoms with Crippen molar-refractivity contribution in [1.29, 1.82) is 0 Å². The minimum absolute atomic E-state index is 0.758. The summed E-state index contributed by atoms with van der Waals surface area (Å²) in [7, 11) is 0. The van der Waals surface area contributed by atoms with Gasteiger partial charge in [-0.2, -0.15) is 0 Å². The molecule has 2 aromatic heterocycles. The average Bonchev–Trinajstić information content (AvgIpc) is 2.39. The number of fused-ring (bicyclic) bond motifs is 1. The Balaban J connectivity index is 1.97. The van der Waals surface area contributed by atoms with E-state index in [-0.39, 0.29) is 0 Å². The third-order valence-electron chi connectivity index (χ3n) is 2.82. The van der Waals surface area contributed by atoms with Crippen molar-refractivity contribution in [3.8, 4) is 0 Å². The van der Waals surface area contributed by atoms with Crippen LogP contribution < -0.4 is 10.2 Å².